The number of imidazole rings is 1. The third-order valence-corrected chi connectivity index (χ3v) is 6.28. The number of hydrogen-bond acceptors (Lipinski definition) is 7. The summed E-state index contributed by atoms with van der Waals surface area (Å²) in [5.41, 5.74) is 2.72. The van der Waals surface area contributed by atoms with E-state index in [-0.39, 0.29) is 25.7 Å². The molecule has 1 saturated heterocycles. The van der Waals surface area contributed by atoms with Crippen LogP contribution in [0.5, 0.6) is 0 Å². The number of fused-ring (bicyclic) bond motifs is 1. The lowest BCUT2D eigenvalue weighted by Crippen LogP contribution is -2.44. The van der Waals surface area contributed by atoms with Gasteiger partial charge in [-0.15, -0.1) is 0 Å². The van der Waals surface area contributed by atoms with Crippen molar-refractivity contribution in [1.29, 1.82) is 0 Å². The molecule has 0 spiro atoms. The van der Waals surface area contributed by atoms with Crippen LogP contribution in [0.2, 0.25) is 0 Å². The van der Waals surface area contributed by atoms with Crippen molar-refractivity contribution in [3.8, 4) is 0 Å². The molecular formula is C24H28FN9O2. The van der Waals surface area contributed by atoms with E-state index in [0.29, 0.717) is 22.9 Å². The highest BCUT2D eigenvalue weighted by atomic mass is 19.1. The summed E-state index contributed by atoms with van der Waals surface area (Å²) >= 11 is 0. The van der Waals surface area contributed by atoms with Crippen LogP contribution in [0.25, 0.3) is 11.2 Å². The van der Waals surface area contributed by atoms with E-state index in [9.17, 15) is 9.90 Å². The number of nitrogens with zero attached hydrogens (tertiary/aromatic N) is 8. The van der Waals surface area contributed by atoms with Crippen LogP contribution in [0.1, 0.15) is 25.5 Å². The number of hydrogen-bond donors (Lipinski definition) is 2. The summed E-state index contributed by atoms with van der Waals surface area (Å²) in [6.07, 6.45) is 2.63. The first kappa shape index (κ1) is 23.5. The highest BCUT2D eigenvalue weighted by molar-refractivity contribution is 5.86. The Morgan fingerprint density at radius 3 is 2.69 bits per heavy atom. The van der Waals surface area contributed by atoms with Crippen molar-refractivity contribution in [2.45, 2.75) is 38.6 Å². The summed E-state index contributed by atoms with van der Waals surface area (Å²) in [7, 11) is 1.81. The van der Waals surface area contributed by atoms with Crippen LogP contribution in [-0.4, -0.2) is 70.7 Å². The zero-order valence-corrected chi connectivity index (χ0v) is 20.3. The third-order valence-electron chi connectivity index (χ3n) is 6.28. The van der Waals surface area contributed by atoms with Gasteiger partial charge in [-0.2, -0.15) is 15.1 Å². The van der Waals surface area contributed by atoms with Crippen LogP contribution in [0.4, 0.5) is 26.6 Å². The van der Waals surface area contributed by atoms with E-state index in [4.69, 9.17) is 4.98 Å². The lowest BCUT2D eigenvalue weighted by molar-refractivity contribution is 0.103. The molecule has 12 heteroatoms. The molecule has 188 valence electrons. The quantitative estimate of drug-likeness (QED) is 0.401. The van der Waals surface area contributed by atoms with Crippen molar-refractivity contribution >= 4 is 34.7 Å². The topological polar surface area (TPSA) is 117 Å². The number of anilines is 3. The van der Waals surface area contributed by atoms with Gasteiger partial charge in [0.25, 0.3) is 0 Å². The Bertz CT molecular complexity index is 1370. The normalized spacial score (nSPS) is 17.8. The van der Waals surface area contributed by atoms with Gasteiger partial charge in [-0.25, -0.2) is 14.2 Å². The van der Waals surface area contributed by atoms with Gasteiger partial charge in [-0.1, -0.05) is 30.3 Å². The molecule has 3 aromatic heterocycles. The minimum atomic E-state index is -1.39. The smallest absolute Gasteiger partial charge is 0.408 e. The van der Waals surface area contributed by atoms with E-state index in [2.05, 4.69) is 20.4 Å². The molecular weight excluding hydrogens is 465 g/mol. The van der Waals surface area contributed by atoms with Crippen molar-refractivity contribution < 1.29 is 14.3 Å². The molecule has 1 aliphatic heterocycles. The number of benzene rings is 1. The largest absolute Gasteiger partial charge is 0.465 e. The summed E-state index contributed by atoms with van der Waals surface area (Å²) in [6, 6.07) is 8.43. The number of amides is 1. The number of carboxylic acid groups (broad SMARTS) is 1. The number of halogens is 1. The predicted molar refractivity (Wildman–Crippen MR) is 133 cm³/mol. The molecule has 36 heavy (non-hydrogen) atoms. The molecule has 2 atom stereocenters. The number of carbonyl (C=O) groups is 1. The molecule has 1 aliphatic rings. The zero-order chi connectivity index (χ0) is 25.4. The number of aryl methyl sites for hydroxylation is 1. The van der Waals surface area contributed by atoms with Gasteiger partial charge in [0.2, 0.25) is 5.95 Å². The molecule has 2 N–H and O–H groups in total. The van der Waals surface area contributed by atoms with E-state index in [1.54, 1.807) is 22.1 Å². The molecule has 11 nitrogen and oxygen atoms in total. The Morgan fingerprint density at radius 2 is 2.03 bits per heavy atom. The fraction of sp³-hybridized carbons (Fsp3) is 0.375. The van der Waals surface area contributed by atoms with Crippen molar-refractivity contribution in [1.82, 2.24) is 34.2 Å². The maximum absolute atomic E-state index is 15.3. The van der Waals surface area contributed by atoms with E-state index >= 15 is 4.39 Å². The van der Waals surface area contributed by atoms with Crippen LogP contribution in [-0.2, 0) is 13.6 Å². The maximum atomic E-state index is 15.3. The van der Waals surface area contributed by atoms with Crippen molar-refractivity contribution in [2.24, 2.45) is 7.05 Å². The zero-order valence-electron chi connectivity index (χ0n) is 20.3. The molecule has 0 saturated carbocycles. The van der Waals surface area contributed by atoms with Crippen molar-refractivity contribution in [2.75, 3.05) is 23.3 Å². The van der Waals surface area contributed by atoms with Gasteiger partial charge in [0.05, 0.1) is 30.8 Å². The van der Waals surface area contributed by atoms with Crippen molar-refractivity contribution in [3.63, 3.8) is 0 Å². The molecule has 1 fully saturated rings. The minimum absolute atomic E-state index is 0.0170. The highest BCUT2D eigenvalue weighted by Crippen LogP contribution is 2.30. The Kier molecular flexibility index (Phi) is 6.17. The van der Waals surface area contributed by atoms with Gasteiger partial charge in [0.15, 0.2) is 17.0 Å². The summed E-state index contributed by atoms with van der Waals surface area (Å²) < 4.78 is 18.9. The molecule has 1 amide bonds. The standard InChI is InChI=1S/C24H28FN9O2/c1-15(2)34-14-26-20-21(28-17-9-27-31(3)11-17)29-23(30-22(20)34)32-12-18(25)19(13-32)33(24(35)36)10-16-7-5-4-6-8-16/h4-9,11,14-15,18-19H,10,12-13H2,1-3H3,(H,35,36)(H,28,29,30)/t18-,19-/m1/s1. The predicted octanol–water partition coefficient (Wildman–Crippen LogP) is 3.59. The summed E-state index contributed by atoms with van der Waals surface area (Å²) in [5.74, 6) is 0.784. The fourth-order valence-electron chi connectivity index (χ4n) is 4.44. The lowest BCUT2D eigenvalue weighted by Gasteiger charge is -2.27. The number of rotatable bonds is 7. The van der Waals surface area contributed by atoms with E-state index < -0.39 is 18.3 Å². The minimum Gasteiger partial charge on any atom is -0.465 e. The Labute approximate surface area is 207 Å². The van der Waals surface area contributed by atoms with Crippen LogP contribution < -0.4 is 10.2 Å². The third kappa shape index (κ3) is 4.53. The van der Waals surface area contributed by atoms with Crippen LogP contribution in [0.15, 0.2) is 49.1 Å². The highest BCUT2D eigenvalue weighted by Gasteiger charge is 2.40. The Balaban J connectivity index is 1.48. The summed E-state index contributed by atoms with van der Waals surface area (Å²) in [5, 5.41) is 17.3. The first-order valence-electron chi connectivity index (χ1n) is 11.7. The average molecular weight is 494 g/mol. The molecule has 5 rings (SSSR count). The van der Waals surface area contributed by atoms with Gasteiger partial charge < -0.3 is 19.9 Å². The van der Waals surface area contributed by atoms with Gasteiger partial charge >= 0.3 is 6.09 Å². The Hall–Kier alpha value is -4.22. The van der Waals surface area contributed by atoms with Crippen molar-refractivity contribution in [3.05, 3.63) is 54.6 Å². The summed E-state index contributed by atoms with van der Waals surface area (Å²) in [6.45, 7) is 4.26. The van der Waals surface area contributed by atoms with Crippen LogP contribution >= 0.6 is 0 Å². The van der Waals surface area contributed by atoms with E-state index in [1.165, 1.54) is 0 Å². The summed E-state index contributed by atoms with van der Waals surface area (Å²) in [4.78, 5) is 28.8. The van der Waals surface area contributed by atoms with Gasteiger partial charge in [0, 0.05) is 32.4 Å². The SMILES string of the molecule is CC(C)n1cnc2c(Nc3cnn(C)c3)nc(N3C[C@@H](F)[C@H](N(Cc4ccccc4)C(=O)O)C3)nc21. The molecule has 0 radical (unpaired) electrons. The first-order valence-corrected chi connectivity index (χ1v) is 11.7. The van der Waals surface area contributed by atoms with E-state index in [0.717, 1.165) is 16.2 Å². The van der Waals surface area contributed by atoms with Gasteiger partial charge in [-0.3, -0.25) is 9.58 Å². The molecule has 0 aliphatic carbocycles. The number of aromatic nitrogens is 6. The Morgan fingerprint density at radius 1 is 1.25 bits per heavy atom. The molecule has 0 bridgehead atoms. The van der Waals surface area contributed by atoms with Crippen LogP contribution in [0, 0.1) is 0 Å². The second-order valence-corrected chi connectivity index (χ2v) is 9.20. The molecule has 4 heterocycles. The van der Waals surface area contributed by atoms with Gasteiger partial charge in [-0.05, 0) is 19.4 Å². The second-order valence-electron chi connectivity index (χ2n) is 9.20. The maximum Gasteiger partial charge on any atom is 0.408 e. The first-order chi connectivity index (χ1) is 17.3. The molecule has 4 aromatic rings. The molecule has 1 aromatic carbocycles. The van der Waals surface area contributed by atoms with E-state index in [1.807, 2.05) is 62.0 Å². The van der Waals surface area contributed by atoms with Gasteiger partial charge in [0.1, 0.15) is 6.17 Å². The lowest BCUT2D eigenvalue weighted by atomic mass is 10.1. The van der Waals surface area contributed by atoms with Crippen LogP contribution in [0.3, 0.4) is 0 Å². The average Bonchev–Trinajstić information content (AvgIpc) is 3.56. The number of nitrogens with one attached hydrogen (secondary N) is 1. The fourth-order valence-corrected chi connectivity index (χ4v) is 4.44. The molecule has 0 unspecified atom stereocenters. The second kappa shape index (κ2) is 9.44. The monoisotopic (exact) mass is 493 g/mol. The number of alkyl halides is 1.